The minimum atomic E-state index is -4.46. The lowest BCUT2D eigenvalue weighted by Gasteiger charge is -2.21. The molecule has 0 aliphatic heterocycles. The molecule has 1 saturated carbocycles. The van der Waals surface area contributed by atoms with Crippen LogP contribution in [0.25, 0.3) is 0 Å². The second-order valence-electron chi connectivity index (χ2n) is 3.07. The molecule has 0 aromatic heterocycles. The molecule has 0 saturated heterocycles. The van der Waals surface area contributed by atoms with Gasteiger partial charge in [-0.1, -0.05) is 0 Å². The predicted octanol–water partition coefficient (Wildman–Crippen LogP) is 2.92. The van der Waals surface area contributed by atoms with Crippen LogP contribution in [0.15, 0.2) is 0 Å². The van der Waals surface area contributed by atoms with E-state index in [2.05, 4.69) is 11.2 Å². The topological polar surface area (TPSA) is 9.23 Å². The zero-order valence-corrected chi connectivity index (χ0v) is 6.73. The molecule has 1 aliphatic rings. The van der Waals surface area contributed by atoms with E-state index < -0.39 is 6.36 Å². The van der Waals surface area contributed by atoms with Crippen molar-refractivity contribution in [3.05, 3.63) is 6.42 Å². The molecule has 0 bridgehead atoms. The van der Waals surface area contributed by atoms with Crippen LogP contribution in [0.5, 0.6) is 0 Å². The monoisotopic (exact) mass is 181 g/mol. The van der Waals surface area contributed by atoms with Gasteiger partial charge in [0.2, 0.25) is 0 Å². The Morgan fingerprint density at radius 3 is 2.33 bits per heavy atom. The predicted molar refractivity (Wildman–Crippen MR) is 38.3 cm³/mol. The summed E-state index contributed by atoms with van der Waals surface area (Å²) in [7, 11) is 0. The quantitative estimate of drug-likeness (QED) is 0.636. The SMILES string of the molecule is FC(F)(F)OCC1CC[CH]CC1. The van der Waals surface area contributed by atoms with E-state index in [1.54, 1.807) is 0 Å². The van der Waals surface area contributed by atoms with E-state index >= 15 is 0 Å². The van der Waals surface area contributed by atoms with Crippen molar-refractivity contribution < 1.29 is 17.9 Å². The van der Waals surface area contributed by atoms with Crippen molar-refractivity contribution in [2.24, 2.45) is 5.92 Å². The summed E-state index contributed by atoms with van der Waals surface area (Å²) in [4.78, 5) is 0. The second-order valence-corrected chi connectivity index (χ2v) is 3.07. The van der Waals surface area contributed by atoms with Crippen LogP contribution in [0.4, 0.5) is 13.2 Å². The number of rotatable bonds is 2. The summed E-state index contributed by atoms with van der Waals surface area (Å²) in [6.07, 6.45) is 1.16. The Kier molecular flexibility index (Phi) is 3.38. The summed E-state index contributed by atoms with van der Waals surface area (Å²) in [5.41, 5.74) is 0. The molecule has 1 aliphatic carbocycles. The zero-order chi connectivity index (χ0) is 9.03. The van der Waals surface area contributed by atoms with E-state index in [1.807, 2.05) is 0 Å². The Balaban J connectivity index is 2.13. The lowest BCUT2D eigenvalue weighted by atomic mass is 9.90. The van der Waals surface area contributed by atoms with Gasteiger partial charge in [0.05, 0.1) is 6.61 Å². The highest BCUT2D eigenvalue weighted by molar-refractivity contribution is 4.76. The Morgan fingerprint density at radius 1 is 1.25 bits per heavy atom. The molecular formula is C8H12F3O. The first-order chi connectivity index (χ1) is 5.58. The number of alkyl halides is 3. The molecule has 12 heavy (non-hydrogen) atoms. The molecule has 1 rings (SSSR count). The summed E-state index contributed by atoms with van der Waals surface area (Å²) in [6, 6.07) is 0. The van der Waals surface area contributed by atoms with Crippen LogP contribution < -0.4 is 0 Å². The van der Waals surface area contributed by atoms with Gasteiger partial charge in [-0.05, 0) is 38.0 Å². The average molecular weight is 181 g/mol. The molecule has 4 heteroatoms. The molecule has 0 aromatic carbocycles. The summed E-state index contributed by atoms with van der Waals surface area (Å²) < 4.78 is 38.5. The molecule has 0 atom stereocenters. The highest BCUT2D eigenvalue weighted by Crippen LogP contribution is 2.26. The van der Waals surface area contributed by atoms with Gasteiger partial charge in [0, 0.05) is 0 Å². The van der Waals surface area contributed by atoms with Crippen LogP contribution in [0.1, 0.15) is 25.7 Å². The van der Waals surface area contributed by atoms with Gasteiger partial charge in [0.25, 0.3) is 0 Å². The summed E-state index contributed by atoms with van der Waals surface area (Å²) in [5.74, 6) is 0.0941. The second kappa shape index (κ2) is 4.12. The maximum Gasteiger partial charge on any atom is 0.522 e. The van der Waals surface area contributed by atoms with Gasteiger partial charge in [-0.15, -0.1) is 13.2 Å². The smallest absolute Gasteiger partial charge is 0.292 e. The first-order valence-corrected chi connectivity index (χ1v) is 4.10. The molecule has 0 amide bonds. The molecule has 0 N–H and O–H groups in total. The number of ether oxygens (including phenoxy) is 1. The minimum Gasteiger partial charge on any atom is -0.292 e. The maximum absolute atomic E-state index is 11.6. The van der Waals surface area contributed by atoms with Crippen molar-refractivity contribution in [1.29, 1.82) is 0 Å². The van der Waals surface area contributed by atoms with Gasteiger partial charge in [0.1, 0.15) is 0 Å². The van der Waals surface area contributed by atoms with Gasteiger partial charge in [-0.3, -0.25) is 4.74 Å². The molecular weight excluding hydrogens is 169 g/mol. The van der Waals surface area contributed by atoms with E-state index in [0.29, 0.717) is 0 Å². The summed E-state index contributed by atoms with van der Waals surface area (Å²) >= 11 is 0. The van der Waals surface area contributed by atoms with Crippen molar-refractivity contribution in [2.45, 2.75) is 32.0 Å². The third kappa shape index (κ3) is 3.95. The zero-order valence-electron chi connectivity index (χ0n) is 6.73. The van der Waals surface area contributed by atoms with E-state index in [0.717, 1.165) is 25.7 Å². The third-order valence-electron chi connectivity index (χ3n) is 2.04. The largest absolute Gasteiger partial charge is 0.522 e. The average Bonchev–Trinajstić information content (AvgIpc) is 2.02. The van der Waals surface area contributed by atoms with E-state index in [4.69, 9.17) is 0 Å². The fraction of sp³-hybridized carbons (Fsp3) is 0.875. The summed E-state index contributed by atoms with van der Waals surface area (Å²) in [6.45, 7) is -0.169. The molecule has 1 nitrogen and oxygen atoms in total. The van der Waals surface area contributed by atoms with Crippen LogP contribution in [0, 0.1) is 12.3 Å². The van der Waals surface area contributed by atoms with Gasteiger partial charge >= 0.3 is 6.36 Å². The first-order valence-electron chi connectivity index (χ1n) is 4.10. The van der Waals surface area contributed by atoms with Crippen molar-refractivity contribution >= 4 is 0 Å². The van der Waals surface area contributed by atoms with E-state index in [1.165, 1.54) is 0 Å². The summed E-state index contributed by atoms with van der Waals surface area (Å²) in [5, 5.41) is 0. The fourth-order valence-corrected chi connectivity index (χ4v) is 1.37. The van der Waals surface area contributed by atoms with Crippen molar-refractivity contribution in [3.63, 3.8) is 0 Å². The molecule has 0 heterocycles. The van der Waals surface area contributed by atoms with Gasteiger partial charge in [0.15, 0.2) is 0 Å². The number of hydrogen-bond acceptors (Lipinski definition) is 1. The number of halogens is 3. The Hall–Kier alpha value is -0.250. The van der Waals surface area contributed by atoms with Crippen LogP contribution in [-0.4, -0.2) is 13.0 Å². The highest BCUT2D eigenvalue weighted by atomic mass is 19.4. The van der Waals surface area contributed by atoms with Crippen LogP contribution >= 0.6 is 0 Å². The lowest BCUT2D eigenvalue weighted by Crippen LogP contribution is -2.21. The molecule has 71 valence electrons. The minimum absolute atomic E-state index is 0.0941. The first kappa shape index (κ1) is 9.84. The Bertz CT molecular complexity index is 127. The van der Waals surface area contributed by atoms with E-state index in [-0.39, 0.29) is 12.5 Å². The highest BCUT2D eigenvalue weighted by Gasteiger charge is 2.30. The van der Waals surface area contributed by atoms with Crippen molar-refractivity contribution in [1.82, 2.24) is 0 Å². The Morgan fingerprint density at radius 2 is 1.83 bits per heavy atom. The van der Waals surface area contributed by atoms with E-state index in [9.17, 15) is 13.2 Å². The van der Waals surface area contributed by atoms with Gasteiger partial charge in [-0.2, -0.15) is 0 Å². The molecule has 0 aromatic rings. The standard InChI is InChI=1S/C8H12F3O/c9-8(10,11)12-6-7-4-2-1-3-5-7/h1,7H,2-6H2. The normalized spacial score (nSPS) is 21.2. The fourth-order valence-electron chi connectivity index (χ4n) is 1.37. The van der Waals surface area contributed by atoms with Crippen LogP contribution in [0.3, 0.4) is 0 Å². The van der Waals surface area contributed by atoms with Crippen LogP contribution in [-0.2, 0) is 4.74 Å². The van der Waals surface area contributed by atoms with Gasteiger partial charge in [-0.25, -0.2) is 0 Å². The number of hydrogen-bond donors (Lipinski definition) is 0. The Labute approximate surface area is 69.9 Å². The van der Waals surface area contributed by atoms with Crippen molar-refractivity contribution in [2.75, 3.05) is 6.61 Å². The lowest BCUT2D eigenvalue weighted by molar-refractivity contribution is -0.328. The molecule has 1 fully saturated rings. The molecule has 0 spiro atoms. The molecule has 1 radical (unpaired) electrons. The molecule has 0 unspecified atom stereocenters. The maximum atomic E-state index is 11.6. The van der Waals surface area contributed by atoms with Crippen LogP contribution in [0.2, 0.25) is 0 Å². The third-order valence-corrected chi connectivity index (χ3v) is 2.04. The van der Waals surface area contributed by atoms with Gasteiger partial charge < -0.3 is 0 Å². The van der Waals surface area contributed by atoms with Crippen molar-refractivity contribution in [3.8, 4) is 0 Å².